The molecule has 0 spiro atoms. The summed E-state index contributed by atoms with van der Waals surface area (Å²) in [7, 11) is 0. The number of hydrogen-bond donors (Lipinski definition) is 0. The van der Waals surface area contributed by atoms with Gasteiger partial charge in [-0.2, -0.15) is 24.9 Å². The average Bonchev–Trinajstić information content (AvgIpc) is 3.04. The molecule has 0 saturated carbocycles. The zero-order valence-corrected chi connectivity index (χ0v) is 13.2. The Morgan fingerprint density at radius 2 is 2.00 bits per heavy atom. The summed E-state index contributed by atoms with van der Waals surface area (Å²) in [5.41, 5.74) is -0.977. The summed E-state index contributed by atoms with van der Waals surface area (Å²) in [6.45, 7) is 1.88. The molecule has 3 heterocycles. The van der Waals surface area contributed by atoms with Gasteiger partial charge in [0.15, 0.2) is 0 Å². The molecule has 2 saturated heterocycles. The second-order valence-corrected chi connectivity index (χ2v) is 6.75. The van der Waals surface area contributed by atoms with E-state index in [4.69, 9.17) is 0 Å². The van der Waals surface area contributed by atoms with Crippen molar-refractivity contribution < 1.29 is 18.0 Å². The maximum absolute atomic E-state index is 12.8. The minimum absolute atomic E-state index is 0.0120. The second kappa shape index (κ2) is 6.54. The smallest absolute Gasteiger partial charge is 0.339 e. The molecule has 0 N–H and O–H groups in total. The van der Waals surface area contributed by atoms with Gasteiger partial charge in [0.05, 0.1) is 0 Å². The van der Waals surface area contributed by atoms with Crippen molar-refractivity contribution in [2.75, 3.05) is 36.0 Å². The van der Waals surface area contributed by atoms with Crippen LogP contribution in [-0.2, 0) is 11.0 Å². The predicted molar refractivity (Wildman–Crippen MR) is 81.3 cm³/mol. The van der Waals surface area contributed by atoms with E-state index in [-0.39, 0.29) is 11.9 Å². The van der Waals surface area contributed by atoms with E-state index >= 15 is 0 Å². The molecule has 0 aliphatic carbocycles. The molecule has 2 aliphatic rings. The standard InChI is InChI=1S/C14H17F3N4OS/c15-14(16,17)11-3-4-18-13(19-11)21-5-1-2-10(21)12(22)20-6-8-23-9-7-20/h3-4,10H,1-2,5-9H2. The summed E-state index contributed by atoms with van der Waals surface area (Å²) in [6.07, 6.45) is -2.04. The first-order valence-electron chi connectivity index (χ1n) is 7.50. The molecule has 1 atom stereocenters. The summed E-state index contributed by atoms with van der Waals surface area (Å²) in [5.74, 6) is 1.77. The monoisotopic (exact) mass is 346 g/mol. The average molecular weight is 346 g/mol. The zero-order chi connectivity index (χ0) is 16.4. The first-order chi connectivity index (χ1) is 11.0. The SMILES string of the molecule is O=C(C1CCCN1c1nccc(C(F)(F)F)n1)N1CCSCC1. The Hall–Kier alpha value is -1.51. The highest BCUT2D eigenvalue weighted by atomic mass is 32.2. The van der Waals surface area contributed by atoms with E-state index in [2.05, 4.69) is 9.97 Å². The van der Waals surface area contributed by atoms with Crippen LogP contribution in [0.5, 0.6) is 0 Å². The van der Waals surface area contributed by atoms with Crippen molar-refractivity contribution >= 4 is 23.6 Å². The largest absolute Gasteiger partial charge is 0.433 e. The molecule has 1 aromatic rings. The van der Waals surface area contributed by atoms with Crippen LogP contribution in [0.4, 0.5) is 19.1 Å². The van der Waals surface area contributed by atoms with Crippen molar-refractivity contribution in [3.05, 3.63) is 18.0 Å². The summed E-state index contributed by atoms with van der Waals surface area (Å²) >= 11 is 1.80. The van der Waals surface area contributed by atoms with E-state index in [0.717, 1.165) is 30.2 Å². The van der Waals surface area contributed by atoms with Crippen LogP contribution in [0.15, 0.2) is 12.3 Å². The number of hydrogen-bond acceptors (Lipinski definition) is 5. The number of amides is 1. The van der Waals surface area contributed by atoms with E-state index < -0.39 is 17.9 Å². The van der Waals surface area contributed by atoms with Gasteiger partial charge < -0.3 is 9.80 Å². The quantitative estimate of drug-likeness (QED) is 0.820. The normalized spacial score (nSPS) is 22.5. The van der Waals surface area contributed by atoms with Crippen molar-refractivity contribution in [2.24, 2.45) is 0 Å². The molecular weight excluding hydrogens is 329 g/mol. The minimum atomic E-state index is -4.51. The number of anilines is 1. The number of carbonyl (C=O) groups is 1. The Morgan fingerprint density at radius 1 is 1.26 bits per heavy atom. The summed E-state index contributed by atoms with van der Waals surface area (Å²) in [6, 6.07) is 0.389. The number of carbonyl (C=O) groups excluding carboxylic acids is 1. The van der Waals surface area contributed by atoms with Gasteiger partial charge in [0.25, 0.3) is 0 Å². The van der Waals surface area contributed by atoms with Gasteiger partial charge >= 0.3 is 6.18 Å². The van der Waals surface area contributed by atoms with Gasteiger partial charge in [-0.3, -0.25) is 4.79 Å². The first kappa shape index (κ1) is 16.4. The topological polar surface area (TPSA) is 49.3 Å². The molecule has 1 unspecified atom stereocenters. The number of rotatable bonds is 2. The molecule has 9 heteroatoms. The maximum Gasteiger partial charge on any atom is 0.433 e. The minimum Gasteiger partial charge on any atom is -0.339 e. The Balaban J connectivity index is 1.80. The molecule has 0 bridgehead atoms. The van der Waals surface area contributed by atoms with Crippen LogP contribution in [0.25, 0.3) is 0 Å². The van der Waals surface area contributed by atoms with Crippen molar-refractivity contribution in [3.63, 3.8) is 0 Å². The second-order valence-electron chi connectivity index (χ2n) is 5.53. The highest BCUT2D eigenvalue weighted by Gasteiger charge is 2.38. The van der Waals surface area contributed by atoms with Crippen molar-refractivity contribution in [3.8, 4) is 0 Å². The zero-order valence-electron chi connectivity index (χ0n) is 12.4. The lowest BCUT2D eigenvalue weighted by Crippen LogP contribution is -2.49. The molecule has 3 rings (SSSR count). The van der Waals surface area contributed by atoms with Crippen LogP contribution in [-0.4, -0.2) is 58.0 Å². The molecule has 2 fully saturated rings. The fraction of sp³-hybridized carbons (Fsp3) is 0.643. The van der Waals surface area contributed by atoms with Gasteiger partial charge in [0, 0.05) is 37.3 Å². The maximum atomic E-state index is 12.8. The lowest BCUT2D eigenvalue weighted by atomic mass is 10.2. The third-order valence-electron chi connectivity index (χ3n) is 4.05. The lowest BCUT2D eigenvalue weighted by Gasteiger charge is -2.32. The number of halogens is 3. The first-order valence-corrected chi connectivity index (χ1v) is 8.66. The van der Waals surface area contributed by atoms with E-state index in [1.165, 1.54) is 0 Å². The predicted octanol–water partition coefficient (Wildman–Crippen LogP) is 2.04. The van der Waals surface area contributed by atoms with Crippen LogP contribution in [0.1, 0.15) is 18.5 Å². The highest BCUT2D eigenvalue weighted by molar-refractivity contribution is 7.99. The van der Waals surface area contributed by atoms with Crippen LogP contribution in [0.3, 0.4) is 0 Å². The lowest BCUT2D eigenvalue weighted by molar-refractivity contribution is -0.141. The Bertz CT molecular complexity index is 577. The van der Waals surface area contributed by atoms with Crippen LogP contribution in [0.2, 0.25) is 0 Å². The fourth-order valence-electron chi connectivity index (χ4n) is 2.90. The summed E-state index contributed by atoms with van der Waals surface area (Å²) in [5, 5.41) is 0. The Morgan fingerprint density at radius 3 is 2.70 bits per heavy atom. The summed E-state index contributed by atoms with van der Waals surface area (Å²) in [4.78, 5) is 23.6. The molecule has 1 aromatic heterocycles. The van der Waals surface area contributed by atoms with Gasteiger partial charge in [0.2, 0.25) is 11.9 Å². The molecular formula is C14H17F3N4OS. The van der Waals surface area contributed by atoms with E-state index in [1.54, 1.807) is 21.6 Å². The van der Waals surface area contributed by atoms with Gasteiger partial charge in [-0.25, -0.2) is 9.97 Å². The highest BCUT2D eigenvalue weighted by Crippen LogP contribution is 2.30. The molecule has 126 valence electrons. The third-order valence-corrected chi connectivity index (χ3v) is 4.99. The Labute approximate surface area is 136 Å². The molecule has 0 aromatic carbocycles. The van der Waals surface area contributed by atoms with Crippen molar-refractivity contribution in [1.82, 2.24) is 14.9 Å². The fourth-order valence-corrected chi connectivity index (χ4v) is 3.81. The summed E-state index contributed by atoms with van der Waals surface area (Å²) < 4.78 is 38.4. The van der Waals surface area contributed by atoms with Crippen molar-refractivity contribution in [2.45, 2.75) is 25.1 Å². The number of aromatic nitrogens is 2. The van der Waals surface area contributed by atoms with E-state index in [1.807, 2.05) is 0 Å². The number of thioether (sulfide) groups is 1. The molecule has 2 aliphatic heterocycles. The molecule has 1 amide bonds. The molecule has 0 radical (unpaired) electrons. The molecule has 5 nitrogen and oxygen atoms in total. The van der Waals surface area contributed by atoms with E-state index in [0.29, 0.717) is 26.1 Å². The van der Waals surface area contributed by atoms with Crippen LogP contribution < -0.4 is 4.90 Å². The number of nitrogens with zero attached hydrogens (tertiary/aromatic N) is 4. The van der Waals surface area contributed by atoms with Crippen LogP contribution in [0, 0.1) is 0 Å². The van der Waals surface area contributed by atoms with Crippen molar-refractivity contribution in [1.29, 1.82) is 0 Å². The number of alkyl halides is 3. The third kappa shape index (κ3) is 3.54. The van der Waals surface area contributed by atoms with Crippen LogP contribution >= 0.6 is 11.8 Å². The van der Waals surface area contributed by atoms with E-state index in [9.17, 15) is 18.0 Å². The Kier molecular flexibility index (Phi) is 4.65. The van der Waals surface area contributed by atoms with Gasteiger partial charge in [-0.15, -0.1) is 0 Å². The van der Waals surface area contributed by atoms with Gasteiger partial charge in [0.1, 0.15) is 11.7 Å². The molecule has 23 heavy (non-hydrogen) atoms. The van der Waals surface area contributed by atoms with Gasteiger partial charge in [-0.05, 0) is 18.9 Å². The van der Waals surface area contributed by atoms with Gasteiger partial charge in [-0.1, -0.05) is 0 Å².